The monoisotopic (exact) mass is 313 g/mol. The zero-order valence-corrected chi connectivity index (χ0v) is 13.3. The van der Waals surface area contributed by atoms with E-state index in [4.69, 9.17) is 0 Å². The largest absolute Gasteiger partial charge is 0.355 e. The number of guanidine groups is 1. The zero-order valence-electron chi connectivity index (χ0n) is 13.3. The van der Waals surface area contributed by atoms with Gasteiger partial charge in [-0.15, -0.1) is 0 Å². The summed E-state index contributed by atoms with van der Waals surface area (Å²) in [6.45, 7) is 2.30. The smallest absolute Gasteiger partial charge is 0.239 e. The number of hydrogen-bond donors (Lipinski definition) is 3. The van der Waals surface area contributed by atoms with E-state index in [9.17, 15) is 4.79 Å². The molecule has 1 amide bonds. The Morgan fingerprint density at radius 3 is 2.48 bits per heavy atom. The van der Waals surface area contributed by atoms with Gasteiger partial charge in [-0.25, -0.2) is 0 Å². The molecule has 6 heteroatoms. The molecule has 1 heterocycles. The SMILES string of the molecule is CN=C(NCCn1cccc1)NCC(=O)NCc1ccccc1. The Hall–Kier alpha value is -2.76. The molecule has 0 radical (unpaired) electrons. The van der Waals surface area contributed by atoms with Crippen LogP contribution in [0.25, 0.3) is 0 Å². The molecule has 0 spiro atoms. The van der Waals surface area contributed by atoms with Gasteiger partial charge in [0, 0.05) is 39.1 Å². The first-order valence-electron chi connectivity index (χ1n) is 7.64. The third-order valence-corrected chi connectivity index (χ3v) is 3.30. The number of benzene rings is 1. The summed E-state index contributed by atoms with van der Waals surface area (Å²) in [5.74, 6) is 0.550. The second-order valence-corrected chi connectivity index (χ2v) is 5.04. The van der Waals surface area contributed by atoms with Crippen molar-refractivity contribution in [3.63, 3.8) is 0 Å². The molecule has 0 unspecified atom stereocenters. The third-order valence-electron chi connectivity index (χ3n) is 3.30. The molecule has 0 aliphatic rings. The van der Waals surface area contributed by atoms with Crippen molar-refractivity contribution in [3.05, 3.63) is 60.4 Å². The molecule has 0 aliphatic carbocycles. The molecule has 3 N–H and O–H groups in total. The second-order valence-electron chi connectivity index (χ2n) is 5.04. The Kier molecular flexibility index (Phi) is 6.71. The highest BCUT2D eigenvalue weighted by molar-refractivity contribution is 5.86. The van der Waals surface area contributed by atoms with Crippen LogP contribution in [0.2, 0.25) is 0 Å². The maximum atomic E-state index is 11.8. The van der Waals surface area contributed by atoms with Crippen LogP contribution < -0.4 is 16.0 Å². The summed E-state index contributed by atoms with van der Waals surface area (Å²) in [5, 5.41) is 9.05. The lowest BCUT2D eigenvalue weighted by Crippen LogP contribution is -2.43. The average molecular weight is 313 g/mol. The predicted octanol–water partition coefficient (Wildman–Crippen LogP) is 0.970. The maximum absolute atomic E-state index is 11.8. The van der Waals surface area contributed by atoms with E-state index in [1.54, 1.807) is 7.05 Å². The van der Waals surface area contributed by atoms with Gasteiger partial charge < -0.3 is 20.5 Å². The van der Waals surface area contributed by atoms with Crippen molar-refractivity contribution >= 4 is 11.9 Å². The number of hydrogen-bond acceptors (Lipinski definition) is 2. The summed E-state index contributed by atoms with van der Waals surface area (Å²) >= 11 is 0. The van der Waals surface area contributed by atoms with Crippen LogP contribution in [-0.2, 0) is 17.9 Å². The summed E-state index contributed by atoms with van der Waals surface area (Å²) in [6.07, 6.45) is 4.02. The molecule has 0 saturated carbocycles. The van der Waals surface area contributed by atoms with Crippen molar-refractivity contribution in [1.29, 1.82) is 0 Å². The fraction of sp³-hybridized carbons (Fsp3) is 0.294. The quantitative estimate of drug-likeness (QED) is 0.527. The van der Waals surface area contributed by atoms with Crippen LogP contribution in [0.1, 0.15) is 5.56 Å². The first kappa shape index (κ1) is 16.6. The Morgan fingerprint density at radius 2 is 1.78 bits per heavy atom. The highest BCUT2D eigenvalue weighted by Crippen LogP contribution is 1.96. The van der Waals surface area contributed by atoms with Crippen LogP contribution in [-0.4, -0.2) is 36.6 Å². The molecule has 0 bridgehead atoms. The molecule has 23 heavy (non-hydrogen) atoms. The van der Waals surface area contributed by atoms with Gasteiger partial charge in [-0.3, -0.25) is 9.79 Å². The summed E-state index contributed by atoms with van der Waals surface area (Å²) in [7, 11) is 1.69. The van der Waals surface area contributed by atoms with Crippen LogP contribution in [0.4, 0.5) is 0 Å². The standard InChI is InChI=1S/C17H23N5O/c1-18-17(19-9-12-22-10-5-6-11-22)21-14-16(23)20-13-15-7-3-2-4-8-15/h2-8,10-11H,9,12-14H2,1H3,(H,20,23)(H2,18,19,21). The topological polar surface area (TPSA) is 70.5 Å². The molecule has 0 saturated heterocycles. The maximum Gasteiger partial charge on any atom is 0.239 e. The van der Waals surface area contributed by atoms with Crippen molar-refractivity contribution in [2.45, 2.75) is 13.1 Å². The molecule has 2 aromatic rings. The lowest BCUT2D eigenvalue weighted by atomic mass is 10.2. The van der Waals surface area contributed by atoms with Gasteiger partial charge in [0.05, 0.1) is 6.54 Å². The van der Waals surface area contributed by atoms with Crippen molar-refractivity contribution in [3.8, 4) is 0 Å². The van der Waals surface area contributed by atoms with Crippen LogP contribution in [0.15, 0.2) is 59.9 Å². The van der Waals surface area contributed by atoms with Gasteiger partial charge in [0.15, 0.2) is 5.96 Å². The minimum atomic E-state index is -0.0674. The summed E-state index contributed by atoms with van der Waals surface area (Å²) in [4.78, 5) is 15.9. The predicted molar refractivity (Wildman–Crippen MR) is 92.1 cm³/mol. The van der Waals surface area contributed by atoms with Gasteiger partial charge in [0.25, 0.3) is 0 Å². The highest BCUT2D eigenvalue weighted by Gasteiger charge is 2.03. The molecule has 122 valence electrons. The second kappa shape index (κ2) is 9.30. The van der Waals surface area contributed by atoms with E-state index in [-0.39, 0.29) is 12.5 Å². The number of nitrogens with one attached hydrogen (secondary N) is 3. The van der Waals surface area contributed by atoms with E-state index in [1.807, 2.05) is 54.9 Å². The van der Waals surface area contributed by atoms with E-state index in [2.05, 4.69) is 25.5 Å². The van der Waals surface area contributed by atoms with Crippen molar-refractivity contribution in [1.82, 2.24) is 20.5 Å². The first-order valence-corrected chi connectivity index (χ1v) is 7.64. The van der Waals surface area contributed by atoms with Gasteiger partial charge in [-0.1, -0.05) is 30.3 Å². The number of amides is 1. The van der Waals surface area contributed by atoms with E-state index in [0.29, 0.717) is 12.5 Å². The average Bonchev–Trinajstić information content (AvgIpc) is 3.10. The molecule has 0 aliphatic heterocycles. The molecular weight excluding hydrogens is 290 g/mol. The first-order chi connectivity index (χ1) is 11.3. The fourth-order valence-corrected chi connectivity index (χ4v) is 2.07. The van der Waals surface area contributed by atoms with Gasteiger partial charge >= 0.3 is 0 Å². The summed E-state index contributed by atoms with van der Waals surface area (Å²) in [5.41, 5.74) is 1.08. The Bertz CT molecular complexity index is 607. The van der Waals surface area contributed by atoms with Crippen molar-refractivity contribution in [2.75, 3.05) is 20.1 Å². The van der Waals surface area contributed by atoms with E-state index >= 15 is 0 Å². The molecule has 1 aromatic carbocycles. The number of aliphatic imine (C=N–C) groups is 1. The van der Waals surface area contributed by atoms with Crippen LogP contribution >= 0.6 is 0 Å². The normalized spacial score (nSPS) is 11.1. The van der Waals surface area contributed by atoms with Crippen LogP contribution in [0.3, 0.4) is 0 Å². The molecule has 0 atom stereocenters. The molecule has 1 aromatic heterocycles. The number of nitrogens with zero attached hydrogens (tertiary/aromatic N) is 2. The number of carbonyl (C=O) groups excluding carboxylic acids is 1. The molecule has 0 fully saturated rings. The third kappa shape index (κ3) is 6.25. The molecule has 2 rings (SSSR count). The lowest BCUT2D eigenvalue weighted by molar-refractivity contribution is -0.120. The van der Waals surface area contributed by atoms with Crippen LogP contribution in [0, 0.1) is 0 Å². The van der Waals surface area contributed by atoms with E-state index < -0.39 is 0 Å². The number of aromatic nitrogens is 1. The highest BCUT2D eigenvalue weighted by atomic mass is 16.1. The van der Waals surface area contributed by atoms with E-state index in [0.717, 1.165) is 18.7 Å². The number of rotatable bonds is 7. The van der Waals surface area contributed by atoms with Crippen molar-refractivity contribution in [2.24, 2.45) is 4.99 Å². The van der Waals surface area contributed by atoms with E-state index in [1.165, 1.54) is 0 Å². The van der Waals surface area contributed by atoms with Crippen LogP contribution in [0.5, 0.6) is 0 Å². The Balaban J connectivity index is 1.63. The van der Waals surface area contributed by atoms with Gasteiger partial charge in [0.2, 0.25) is 5.91 Å². The minimum absolute atomic E-state index is 0.0674. The van der Waals surface area contributed by atoms with Gasteiger partial charge in [-0.2, -0.15) is 0 Å². The lowest BCUT2D eigenvalue weighted by Gasteiger charge is -2.12. The summed E-state index contributed by atoms with van der Waals surface area (Å²) < 4.78 is 2.08. The summed E-state index contributed by atoms with van der Waals surface area (Å²) in [6, 6.07) is 13.8. The zero-order chi connectivity index (χ0) is 16.3. The Labute approximate surface area is 136 Å². The van der Waals surface area contributed by atoms with Crippen molar-refractivity contribution < 1.29 is 4.79 Å². The van der Waals surface area contributed by atoms with Gasteiger partial charge in [-0.05, 0) is 17.7 Å². The van der Waals surface area contributed by atoms with Gasteiger partial charge in [0.1, 0.15) is 0 Å². The molecular formula is C17H23N5O. The molecule has 6 nitrogen and oxygen atoms in total. The minimum Gasteiger partial charge on any atom is -0.355 e. The number of carbonyl (C=O) groups is 1. The Morgan fingerprint density at radius 1 is 1.04 bits per heavy atom. The fourth-order valence-electron chi connectivity index (χ4n) is 2.07.